The first-order valence-electron chi connectivity index (χ1n) is 13.1. The molecule has 0 radical (unpaired) electrons. The van der Waals surface area contributed by atoms with Crippen molar-refractivity contribution in [2.24, 2.45) is 17.8 Å². The van der Waals surface area contributed by atoms with Crippen LogP contribution in [0.2, 0.25) is 0 Å². The van der Waals surface area contributed by atoms with Gasteiger partial charge in [-0.25, -0.2) is 4.67 Å². The van der Waals surface area contributed by atoms with E-state index in [0.717, 1.165) is 50.2 Å². The van der Waals surface area contributed by atoms with Crippen LogP contribution in [0.1, 0.15) is 73.1 Å². The van der Waals surface area contributed by atoms with Gasteiger partial charge in [-0.05, 0) is 71.1 Å². The molecule has 4 atom stereocenters. The molecular formula is C26H48NO5P. The van der Waals surface area contributed by atoms with Crippen LogP contribution in [0.3, 0.4) is 0 Å². The highest BCUT2D eigenvalue weighted by Gasteiger charge is 2.47. The summed E-state index contributed by atoms with van der Waals surface area (Å²) in [4.78, 5) is 0. The summed E-state index contributed by atoms with van der Waals surface area (Å²) in [5.74, 6) is 9.25. The minimum Gasteiger partial charge on any atom is -0.379 e. The number of hydrogen-bond donors (Lipinski definition) is 0. The quantitative estimate of drug-likeness (QED) is 0.134. The van der Waals surface area contributed by atoms with Crippen molar-refractivity contribution in [2.75, 3.05) is 52.9 Å². The molecule has 192 valence electrons. The fourth-order valence-corrected chi connectivity index (χ4v) is 6.38. The molecule has 0 aromatic rings. The number of ether oxygens (including phenoxy) is 3. The predicted octanol–water partition coefficient (Wildman–Crippen LogP) is 5.65. The zero-order valence-electron chi connectivity index (χ0n) is 21.7. The van der Waals surface area contributed by atoms with Crippen LogP contribution in [-0.4, -0.2) is 69.6 Å². The van der Waals surface area contributed by atoms with E-state index in [-0.39, 0.29) is 0 Å². The first-order chi connectivity index (χ1) is 16.1. The highest BCUT2D eigenvalue weighted by molar-refractivity contribution is 7.44. The van der Waals surface area contributed by atoms with Crippen molar-refractivity contribution in [3.8, 4) is 11.8 Å². The standard InChI is InChI=1S/C26H48NO5P/c1-6-14-31-33(27(22(2)3)23(4)5)32-21-20-30-19-18-29-17-16-28-15-13-26-24-11-9-7-8-10-12-25(24)26/h22-26H,6,9-21H2,1-5H3/t24-,25+,26?,33?. The Morgan fingerprint density at radius 1 is 0.727 bits per heavy atom. The average Bonchev–Trinajstić information content (AvgIpc) is 3.40. The van der Waals surface area contributed by atoms with Crippen molar-refractivity contribution >= 4 is 8.53 Å². The van der Waals surface area contributed by atoms with Crippen LogP contribution in [0.5, 0.6) is 0 Å². The molecule has 0 N–H and O–H groups in total. The topological polar surface area (TPSA) is 49.4 Å². The summed E-state index contributed by atoms with van der Waals surface area (Å²) in [7, 11) is -1.05. The van der Waals surface area contributed by atoms with Crippen LogP contribution in [-0.2, 0) is 23.3 Å². The monoisotopic (exact) mass is 485 g/mol. The molecule has 6 nitrogen and oxygen atoms in total. The van der Waals surface area contributed by atoms with Gasteiger partial charge in [0.2, 0.25) is 0 Å². The molecule has 33 heavy (non-hydrogen) atoms. The lowest BCUT2D eigenvalue weighted by molar-refractivity contribution is 0.00713. The molecular weight excluding hydrogens is 437 g/mol. The van der Waals surface area contributed by atoms with Crippen molar-refractivity contribution in [3.63, 3.8) is 0 Å². The first-order valence-corrected chi connectivity index (χ1v) is 14.2. The third-order valence-corrected chi connectivity index (χ3v) is 8.37. The maximum Gasteiger partial charge on any atom is 0.259 e. The minimum absolute atomic E-state index is 0.376. The van der Waals surface area contributed by atoms with Crippen molar-refractivity contribution in [2.45, 2.75) is 85.2 Å². The number of hydrogen-bond acceptors (Lipinski definition) is 6. The molecule has 2 aliphatic rings. The third-order valence-electron chi connectivity index (χ3n) is 6.26. The van der Waals surface area contributed by atoms with E-state index in [1.165, 1.54) is 19.3 Å². The summed E-state index contributed by atoms with van der Waals surface area (Å²) in [5.41, 5.74) is 0. The Bertz CT molecular complexity index is 539. The van der Waals surface area contributed by atoms with Gasteiger partial charge in [-0.15, -0.1) is 11.8 Å². The average molecular weight is 486 g/mol. The molecule has 2 rings (SSSR count). The van der Waals surface area contributed by atoms with Gasteiger partial charge in [-0.2, -0.15) is 0 Å². The molecule has 0 spiro atoms. The summed E-state index contributed by atoms with van der Waals surface area (Å²) < 4.78 is 31.4. The Hall–Kier alpha value is -0.250. The summed E-state index contributed by atoms with van der Waals surface area (Å²) in [6.45, 7) is 15.9. The lowest BCUT2D eigenvalue weighted by atomic mass is 10.1. The number of fused-ring (bicyclic) bond motifs is 1. The third kappa shape index (κ3) is 11.4. The van der Waals surface area contributed by atoms with Gasteiger partial charge >= 0.3 is 0 Å². The first kappa shape index (κ1) is 29.0. The maximum absolute atomic E-state index is 6.05. The molecule has 0 aromatic carbocycles. The molecule has 0 aliphatic heterocycles. The van der Waals surface area contributed by atoms with Crippen LogP contribution < -0.4 is 0 Å². The van der Waals surface area contributed by atoms with E-state index in [9.17, 15) is 0 Å². The fourth-order valence-electron chi connectivity index (χ4n) is 4.71. The van der Waals surface area contributed by atoms with Crippen LogP contribution >= 0.6 is 8.53 Å². The second-order valence-corrected chi connectivity index (χ2v) is 11.0. The second kappa shape index (κ2) is 17.2. The molecule has 0 aromatic heterocycles. The van der Waals surface area contributed by atoms with Gasteiger partial charge in [0.25, 0.3) is 8.53 Å². The molecule has 1 fully saturated rings. The Balaban J connectivity index is 1.41. The molecule has 7 heteroatoms. The summed E-state index contributed by atoms with van der Waals surface area (Å²) in [5, 5.41) is 0. The van der Waals surface area contributed by atoms with Crippen molar-refractivity contribution in [3.05, 3.63) is 0 Å². The largest absolute Gasteiger partial charge is 0.379 e. The fraction of sp³-hybridized carbons (Fsp3) is 0.923. The zero-order valence-corrected chi connectivity index (χ0v) is 22.6. The molecule has 0 amide bonds. The molecule has 2 aliphatic carbocycles. The second-order valence-electron chi connectivity index (χ2n) is 9.52. The van der Waals surface area contributed by atoms with Gasteiger partial charge in [-0.1, -0.05) is 6.92 Å². The number of rotatable bonds is 19. The van der Waals surface area contributed by atoms with E-state index in [0.29, 0.717) is 51.7 Å². The molecule has 0 saturated heterocycles. The van der Waals surface area contributed by atoms with Gasteiger partial charge in [0.05, 0.1) is 46.2 Å². The van der Waals surface area contributed by atoms with Crippen molar-refractivity contribution in [1.82, 2.24) is 4.67 Å². The Morgan fingerprint density at radius 2 is 1.21 bits per heavy atom. The summed E-state index contributed by atoms with van der Waals surface area (Å²) in [6.07, 6.45) is 6.93. The number of nitrogens with zero attached hydrogens (tertiary/aromatic N) is 1. The van der Waals surface area contributed by atoms with Gasteiger partial charge in [-0.3, -0.25) is 0 Å². The van der Waals surface area contributed by atoms with Crippen LogP contribution in [0.15, 0.2) is 0 Å². The van der Waals surface area contributed by atoms with E-state index < -0.39 is 8.53 Å². The van der Waals surface area contributed by atoms with E-state index in [1.54, 1.807) is 0 Å². The maximum atomic E-state index is 6.05. The molecule has 0 bridgehead atoms. The Labute approximate surface area is 204 Å². The zero-order chi connectivity index (χ0) is 23.9. The lowest BCUT2D eigenvalue weighted by Crippen LogP contribution is -2.34. The predicted molar refractivity (Wildman–Crippen MR) is 135 cm³/mol. The molecule has 1 saturated carbocycles. The highest BCUT2D eigenvalue weighted by Crippen LogP contribution is 2.54. The molecule has 2 unspecified atom stereocenters. The molecule has 0 heterocycles. The van der Waals surface area contributed by atoms with Crippen molar-refractivity contribution < 1.29 is 23.3 Å². The van der Waals surface area contributed by atoms with E-state index in [4.69, 9.17) is 23.3 Å². The van der Waals surface area contributed by atoms with E-state index in [1.807, 2.05) is 0 Å². The van der Waals surface area contributed by atoms with Gasteiger partial charge in [0.15, 0.2) is 0 Å². The summed E-state index contributed by atoms with van der Waals surface area (Å²) >= 11 is 0. The van der Waals surface area contributed by atoms with E-state index in [2.05, 4.69) is 51.1 Å². The summed E-state index contributed by atoms with van der Waals surface area (Å²) in [6, 6.07) is 0.753. The van der Waals surface area contributed by atoms with Crippen molar-refractivity contribution in [1.29, 1.82) is 0 Å². The smallest absolute Gasteiger partial charge is 0.259 e. The van der Waals surface area contributed by atoms with Gasteiger partial charge in [0.1, 0.15) is 0 Å². The minimum atomic E-state index is -1.05. The SMILES string of the molecule is CCCOP(OCCOCCOCCOCCC1[C@H]2CCC#CCC[C@@H]12)N(C(C)C)C(C)C. The van der Waals surface area contributed by atoms with Crippen LogP contribution in [0, 0.1) is 29.6 Å². The Kier molecular flexibility index (Phi) is 15.1. The lowest BCUT2D eigenvalue weighted by Gasteiger charge is -2.35. The van der Waals surface area contributed by atoms with Crippen LogP contribution in [0.25, 0.3) is 0 Å². The highest BCUT2D eigenvalue weighted by atomic mass is 31.2. The van der Waals surface area contributed by atoms with Gasteiger partial charge in [0, 0.05) is 31.5 Å². The van der Waals surface area contributed by atoms with E-state index >= 15 is 0 Å². The van der Waals surface area contributed by atoms with Crippen LogP contribution in [0.4, 0.5) is 0 Å². The Morgan fingerprint density at radius 3 is 1.73 bits per heavy atom. The normalized spacial score (nSPS) is 23.2. The van der Waals surface area contributed by atoms with Gasteiger partial charge < -0.3 is 23.3 Å².